The normalized spacial score (nSPS) is 10.7. The maximum absolute atomic E-state index is 8.27. The molecular weight excluding hydrogens is 136 g/mol. The van der Waals surface area contributed by atoms with E-state index in [4.69, 9.17) is 10.8 Å². The van der Waals surface area contributed by atoms with E-state index in [1.54, 1.807) is 5.38 Å². The topological polar surface area (TPSA) is 59.1 Å². The predicted molar refractivity (Wildman–Crippen MR) is 38.2 cm³/mol. The van der Waals surface area contributed by atoms with Crippen LogP contribution in [0.2, 0.25) is 0 Å². The molecule has 0 aliphatic heterocycles. The van der Waals surface area contributed by atoms with Gasteiger partial charge in [0.1, 0.15) is 0 Å². The minimum Gasteiger partial charge on any atom is -0.516 e. The summed E-state index contributed by atoms with van der Waals surface area (Å²) in [6.45, 7) is 0. The molecule has 0 unspecified atom stereocenters. The Bertz CT molecular complexity index is 218. The number of nitrogen functional groups attached to an aromatic ring is 1. The number of aliphatic hydroxyl groups excluding tert-OH is 1. The standard InChI is InChI=1S/C5H6N2OS/c6-5-7-4(1-2-8)3-9-5/h1-3,8H,(H2,6,7)/b2-1-. The number of anilines is 1. The van der Waals surface area contributed by atoms with Gasteiger partial charge in [-0.1, -0.05) is 0 Å². The fourth-order valence-electron chi connectivity index (χ4n) is 0.454. The van der Waals surface area contributed by atoms with E-state index in [-0.39, 0.29) is 0 Å². The van der Waals surface area contributed by atoms with Crippen molar-refractivity contribution < 1.29 is 5.11 Å². The largest absolute Gasteiger partial charge is 0.516 e. The second-order valence-electron chi connectivity index (χ2n) is 1.43. The number of hydrogen-bond acceptors (Lipinski definition) is 4. The Morgan fingerprint density at radius 3 is 3.00 bits per heavy atom. The summed E-state index contributed by atoms with van der Waals surface area (Å²) in [6, 6.07) is 0. The highest BCUT2D eigenvalue weighted by molar-refractivity contribution is 7.13. The Hall–Kier alpha value is -1.03. The van der Waals surface area contributed by atoms with Crippen molar-refractivity contribution >= 4 is 22.5 Å². The molecule has 0 radical (unpaired) electrons. The molecule has 1 rings (SSSR count). The van der Waals surface area contributed by atoms with Crippen LogP contribution >= 0.6 is 11.3 Å². The molecule has 0 aromatic carbocycles. The van der Waals surface area contributed by atoms with Crippen LogP contribution in [-0.4, -0.2) is 10.1 Å². The minimum atomic E-state index is 0.517. The van der Waals surface area contributed by atoms with E-state index in [1.165, 1.54) is 17.4 Å². The summed E-state index contributed by atoms with van der Waals surface area (Å²) in [5.74, 6) is 0. The van der Waals surface area contributed by atoms with E-state index in [1.807, 2.05) is 0 Å². The van der Waals surface area contributed by atoms with Gasteiger partial charge in [0, 0.05) is 5.38 Å². The van der Waals surface area contributed by atoms with Gasteiger partial charge in [0.05, 0.1) is 12.0 Å². The number of thiazole rings is 1. The van der Waals surface area contributed by atoms with Gasteiger partial charge in [-0.25, -0.2) is 4.98 Å². The molecule has 4 heteroatoms. The first-order valence-corrected chi connectivity index (χ1v) is 3.22. The quantitative estimate of drug-likeness (QED) is 0.580. The van der Waals surface area contributed by atoms with E-state index < -0.39 is 0 Å². The predicted octanol–water partition coefficient (Wildman–Crippen LogP) is 1.25. The molecule has 48 valence electrons. The number of hydrogen-bond donors (Lipinski definition) is 2. The highest BCUT2D eigenvalue weighted by Gasteiger charge is 1.90. The molecule has 0 saturated carbocycles. The fourth-order valence-corrected chi connectivity index (χ4v) is 0.984. The van der Waals surface area contributed by atoms with Crippen LogP contribution in [0.4, 0.5) is 5.13 Å². The van der Waals surface area contributed by atoms with Gasteiger partial charge in [0.15, 0.2) is 5.13 Å². The Kier molecular flexibility index (Phi) is 1.69. The molecule has 0 amide bonds. The molecule has 0 saturated heterocycles. The summed E-state index contributed by atoms with van der Waals surface area (Å²) in [6.07, 6.45) is 2.42. The van der Waals surface area contributed by atoms with Gasteiger partial charge in [-0.2, -0.15) is 0 Å². The lowest BCUT2D eigenvalue weighted by Crippen LogP contribution is -1.80. The number of aliphatic hydroxyl groups is 1. The van der Waals surface area contributed by atoms with E-state index in [0.717, 1.165) is 6.26 Å². The Morgan fingerprint density at radius 2 is 2.56 bits per heavy atom. The average Bonchev–Trinajstić information content (AvgIpc) is 2.17. The molecular formula is C5H6N2OS. The second-order valence-corrected chi connectivity index (χ2v) is 2.32. The van der Waals surface area contributed by atoms with Crippen molar-refractivity contribution in [2.45, 2.75) is 0 Å². The minimum absolute atomic E-state index is 0.517. The van der Waals surface area contributed by atoms with Crippen molar-refractivity contribution in [1.82, 2.24) is 4.98 Å². The number of nitrogens with two attached hydrogens (primary N) is 1. The maximum atomic E-state index is 8.27. The van der Waals surface area contributed by atoms with E-state index in [0.29, 0.717) is 10.8 Å². The molecule has 0 aliphatic rings. The van der Waals surface area contributed by atoms with Crippen LogP contribution in [0.1, 0.15) is 5.69 Å². The molecule has 0 aliphatic carbocycles. The second kappa shape index (κ2) is 2.50. The zero-order valence-electron chi connectivity index (χ0n) is 4.61. The Labute approximate surface area is 56.5 Å². The number of rotatable bonds is 1. The lowest BCUT2D eigenvalue weighted by molar-refractivity contribution is 0.478. The first-order valence-electron chi connectivity index (χ1n) is 2.34. The van der Waals surface area contributed by atoms with Crippen molar-refractivity contribution in [3.63, 3.8) is 0 Å². The Balaban J connectivity index is 2.85. The van der Waals surface area contributed by atoms with Crippen molar-refractivity contribution in [2.24, 2.45) is 0 Å². The number of nitrogens with zero attached hydrogens (tertiary/aromatic N) is 1. The highest BCUT2D eigenvalue weighted by Crippen LogP contribution is 2.11. The molecule has 0 fully saturated rings. The average molecular weight is 142 g/mol. The van der Waals surface area contributed by atoms with Gasteiger partial charge in [-0.15, -0.1) is 11.3 Å². The van der Waals surface area contributed by atoms with E-state index in [9.17, 15) is 0 Å². The summed E-state index contributed by atoms with van der Waals surface area (Å²) in [7, 11) is 0. The third-order valence-corrected chi connectivity index (χ3v) is 1.48. The van der Waals surface area contributed by atoms with Crippen LogP contribution in [-0.2, 0) is 0 Å². The van der Waals surface area contributed by atoms with Crippen LogP contribution in [0.15, 0.2) is 11.6 Å². The Morgan fingerprint density at radius 1 is 1.78 bits per heavy atom. The van der Waals surface area contributed by atoms with Crippen LogP contribution in [0.25, 0.3) is 6.08 Å². The van der Waals surface area contributed by atoms with Gasteiger partial charge >= 0.3 is 0 Å². The molecule has 0 bridgehead atoms. The van der Waals surface area contributed by atoms with Gasteiger partial charge in [0.2, 0.25) is 0 Å². The molecule has 9 heavy (non-hydrogen) atoms. The monoisotopic (exact) mass is 142 g/mol. The van der Waals surface area contributed by atoms with Crippen molar-refractivity contribution in [3.8, 4) is 0 Å². The van der Waals surface area contributed by atoms with Gasteiger partial charge in [-0.3, -0.25) is 0 Å². The number of aromatic nitrogens is 1. The molecule has 1 aromatic rings. The van der Waals surface area contributed by atoms with Crippen LogP contribution in [0, 0.1) is 0 Å². The lowest BCUT2D eigenvalue weighted by Gasteiger charge is -1.76. The highest BCUT2D eigenvalue weighted by atomic mass is 32.1. The summed E-state index contributed by atoms with van der Waals surface area (Å²) < 4.78 is 0. The fraction of sp³-hybridized carbons (Fsp3) is 0. The third kappa shape index (κ3) is 1.43. The molecule has 1 heterocycles. The summed E-state index contributed by atoms with van der Waals surface area (Å²) >= 11 is 1.35. The van der Waals surface area contributed by atoms with Crippen molar-refractivity contribution in [1.29, 1.82) is 0 Å². The first-order chi connectivity index (χ1) is 4.33. The molecule has 1 aromatic heterocycles. The summed E-state index contributed by atoms with van der Waals surface area (Å²) in [5.41, 5.74) is 6.00. The van der Waals surface area contributed by atoms with Gasteiger partial charge in [0.25, 0.3) is 0 Å². The SMILES string of the molecule is Nc1nc(/C=C\O)cs1. The molecule has 3 N–H and O–H groups in total. The zero-order valence-corrected chi connectivity index (χ0v) is 5.43. The van der Waals surface area contributed by atoms with Gasteiger partial charge < -0.3 is 10.8 Å². The van der Waals surface area contributed by atoms with Crippen molar-refractivity contribution in [3.05, 3.63) is 17.3 Å². The summed E-state index contributed by atoms with van der Waals surface area (Å²) in [4.78, 5) is 3.85. The molecule has 0 atom stereocenters. The summed E-state index contributed by atoms with van der Waals surface area (Å²) in [5, 5.41) is 10.6. The van der Waals surface area contributed by atoms with Crippen LogP contribution in [0.5, 0.6) is 0 Å². The van der Waals surface area contributed by atoms with Crippen LogP contribution in [0.3, 0.4) is 0 Å². The smallest absolute Gasteiger partial charge is 0.180 e. The maximum Gasteiger partial charge on any atom is 0.180 e. The van der Waals surface area contributed by atoms with Crippen LogP contribution < -0.4 is 5.73 Å². The zero-order chi connectivity index (χ0) is 6.69. The first kappa shape index (κ1) is 6.10. The lowest BCUT2D eigenvalue weighted by atomic mass is 10.5. The molecule has 0 spiro atoms. The van der Waals surface area contributed by atoms with Gasteiger partial charge in [-0.05, 0) is 6.08 Å². The van der Waals surface area contributed by atoms with Crippen molar-refractivity contribution in [2.75, 3.05) is 5.73 Å². The molecule has 3 nitrogen and oxygen atoms in total. The van der Waals surface area contributed by atoms with E-state index in [2.05, 4.69) is 4.98 Å². The third-order valence-electron chi connectivity index (χ3n) is 0.785. The van der Waals surface area contributed by atoms with E-state index >= 15 is 0 Å².